The molecule has 0 saturated carbocycles. The lowest BCUT2D eigenvalue weighted by atomic mass is 10.1. The molecule has 0 radical (unpaired) electrons. The molecule has 0 atom stereocenters. The molecule has 2 aromatic carbocycles. The van der Waals surface area contributed by atoms with Gasteiger partial charge < -0.3 is 15.4 Å². The van der Waals surface area contributed by atoms with Crippen LogP contribution in [-0.2, 0) is 4.74 Å². The van der Waals surface area contributed by atoms with E-state index in [1.54, 1.807) is 61.5 Å². The third-order valence-electron chi connectivity index (χ3n) is 3.47. The largest absolute Gasteiger partial charge is 0.462 e. The molecule has 2 rings (SSSR count). The fourth-order valence-corrected chi connectivity index (χ4v) is 2.15. The fraction of sp³-hybridized carbons (Fsp3) is 0.150. The maximum absolute atomic E-state index is 12.3. The molecular formula is C20H20N2O4. The van der Waals surface area contributed by atoms with Crippen LogP contribution in [0.5, 0.6) is 0 Å². The first kappa shape index (κ1) is 18.9. The molecule has 6 nitrogen and oxygen atoms in total. The van der Waals surface area contributed by atoms with Crippen LogP contribution in [0.4, 0.5) is 5.69 Å². The summed E-state index contributed by atoms with van der Waals surface area (Å²) in [4.78, 5) is 35.7. The maximum Gasteiger partial charge on any atom is 0.338 e. The Balaban J connectivity index is 2.00. The Kier molecular flexibility index (Phi) is 6.68. The Hall–Kier alpha value is -3.41. The van der Waals surface area contributed by atoms with Gasteiger partial charge in [0.1, 0.15) is 0 Å². The van der Waals surface area contributed by atoms with Crippen LogP contribution in [0, 0.1) is 0 Å². The Morgan fingerprint density at radius 1 is 0.923 bits per heavy atom. The van der Waals surface area contributed by atoms with Gasteiger partial charge in [-0.15, -0.1) is 6.58 Å². The van der Waals surface area contributed by atoms with Crippen LogP contribution in [0.15, 0.2) is 61.2 Å². The van der Waals surface area contributed by atoms with Gasteiger partial charge in [-0.1, -0.05) is 6.08 Å². The maximum atomic E-state index is 12.3. The van der Waals surface area contributed by atoms with E-state index in [2.05, 4.69) is 17.2 Å². The molecular weight excluding hydrogens is 332 g/mol. The third kappa shape index (κ3) is 5.04. The van der Waals surface area contributed by atoms with Gasteiger partial charge in [0.25, 0.3) is 11.8 Å². The summed E-state index contributed by atoms with van der Waals surface area (Å²) in [7, 11) is 0. The van der Waals surface area contributed by atoms with Gasteiger partial charge in [0.15, 0.2) is 0 Å². The Bertz CT molecular complexity index is 796. The van der Waals surface area contributed by atoms with Gasteiger partial charge in [-0.25, -0.2) is 4.79 Å². The van der Waals surface area contributed by atoms with E-state index in [1.807, 2.05) is 0 Å². The van der Waals surface area contributed by atoms with Gasteiger partial charge in [0.2, 0.25) is 0 Å². The first-order valence-corrected chi connectivity index (χ1v) is 8.13. The Morgan fingerprint density at radius 2 is 1.46 bits per heavy atom. The molecule has 0 fully saturated rings. The Labute approximate surface area is 151 Å². The van der Waals surface area contributed by atoms with Gasteiger partial charge in [-0.2, -0.15) is 0 Å². The van der Waals surface area contributed by atoms with Gasteiger partial charge in [-0.05, 0) is 55.5 Å². The lowest BCUT2D eigenvalue weighted by molar-refractivity contribution is 0.0526. The topological polar surface area (TPSA) is 84.5 Å². The van der Waals surface area contributed by atoms with Crippen LogP contribution in [0.1, 0.15) is 38.0 Å². The van der Waals surface area contributed by atoms with Crippen LogP contribution in [-0.4, -0.2) is 30.9 Å². The molecule has 6 heteroatoms. The van der Waals surface area contributed by atoms with Crippen molar-refractivity contribution in [3.8, 4) is 0 Å². The van der Waals surface area contributed by atoms with E-state index in [1.165, 1.54) is 0 Å². The number of hydrogen-bond donors (Lipinski definition) is 2. The predicted octanol–water partition coefficient (Wildman–Crippen LogP) is 3.03. The number of amides is 2. The second-order valence-corrected chi connectivity index (χ2v) is 5.33. The van der Waals surface area contributed by atoms with Crippen LogP contribution >= 0.6 is 0 Å². The minimum absolute atomic E-state index is 0.230. The molecule has 2 N–H and O–H groups in total. The zero-order valence-electron chi connectivity index (χ0n) is 14.5. The smallest absolute Gasteiger partial charge is 0.338 e. The van der Waals surface area contributed by atoms with Crippen molar-refractivity contribution in [3.63, 3.8) is 0 Å². The molecule has 0 aliphatic rings. The van der Waals surface area contributed by atoms with E-state index < -0.39 is 5.97 Å². The summed E-state index contributed by atoms with van der Waals surface area (Å²) in [5, 5.41) is 5.40. The quantitative estimate of drug-likeness (QED) is 0.592. The number of ether oxygens (including phenoxy) is 1. The van der Waals surface area contributed by atoms with Gasteiger partial charge >= 0.3 is 5.97 Å². The van der Waals surface area contributed by atoms with E-state index in [-0.39, 0.29) is 11.8 Å². The number of carbonyl (C=O) groups is 3. The molecule has 0 aliphatic heterocycles. The fourth-order valence-electron chi connectivity index (χ4n) is 2.15. The molecule has 2 aromatic rings. The first-order valence-electron chi connectivity index (χ1n) is 8.13. The van der Waals surface area contributed by atoms with Gasteiger partial charge in [0.05, 0.1) is 12.2 Å². The highest BCUT2D eigenvalue weighted by Gasteiger charge is 2.10. The van der Waals surface area contributed by atoms with E-state index in [0.717, 1.165) is 0 Å². The molecule has 26 heavy (non-hydrogen) atoms. The predicted molar refractivity (Wildman–Crippen MR) is 99.3 cm³/mol. The standard InChI is InChI=1S/C20H20N2O4/c1-3-13-21-18(23)14-5-7-15(8-6-14)19(24)22-17-11-9-16(10-12-17)20(25)26-4-2/h3,5-12H,1,4,13H2,2H3,(H,21,23)(H,22,24). The SMILES string of the molecule is C=CCNC(=O)c1ccc(C(=O)Nc2ccc(C(=O)OCC)cc2)cc1. The minimum Gasteiger partial charge on any atom is -0.462 e. The highest BCUT2D eigenvalue weighted by molar-refractivity contribution is 6.05. The van der Waals surface area contributed by atoms with Crippen molar-refractivity contribution in [2.24, 2.45) is 0 Å². The number of carbonyl (C=O) groups excluding carboxylic acids is 3. The minimum atomic E-state index is -0.407. The summed E-state index contributed by atoms with van der Waals surface area (Å²) in [5.74, 6) is -0.950. The van der Waals surface area contributed by atoms with E-state index in [9.17, 15) is 14.4 Å². The van der Waals surface area contributed by atoms with E-state index >= 15 is 0 Å². The van der Waals surface area contributed by atoms with Crippen LogP contribution < -0.4 is 10.6 Å². The summed E-state index contributed by atoms with van der Waals surface area (Å²) in [6, 6.07) is 12.7. The van der Waals surface area contributed by atoms with Crippen molar-refractivity contribution in [3.05, 3.63) is 77.9 Å². The van der Waals surface area contributed by atoms with Gasteiger partial charge in [0, 0.05) is 23.4 Å². The van der Waals surface area contributed by atoms with Crippen LogP contribution in [0.2, 0.25) is 0 Å². The highest BCUT2D eigenvalue weighted by atomic mass is 16.5. The summed E-state index contributed by atoms with van der Waals surface area (Å²) in [6.45, 7) is 5.95. The summed E-state index contributed by atoms with van der Waals surface area (Å²) >= 11 is 0. The average Bonchev–Trinajstić information content (AvgIpc) is 2.67. The molecule has 0 aromatic heterocycles. The lowest BCUT2D eigenvalue weighted by Gasteiger charge is -2.07. The second kappa shape index (κ2) is 9.17. The number of nitrogens with one attached hydrogen (secondary N) is 2. The number of benzene rings is 2. The molecule has 0 bridgehead atoms. The second-order valence-electron chi connectivity index (χ2n) is 5.33. The molecule has 0 heterocycles. The van der Waals surface area contributed by atoms with Crippen molar-refractivity contribution in [2.75, 3.05) is 18.5 Å². The molecule has 134 valence electrons. The lowest BCUT2D eigenvalue weighted by Crippen LogP contribution is -2.23. The monoisotopic (exact) mass is 352 g/mol. The third-order valence-corrected chi connectivity index (χ3v) is 3.47. The van der Waals surface area contributed by atoms with Crippen molar-refractivity contribution in [1.82, 2.24) is 5.32 Å². The highest BCUT2D eigenvalue weighted by Crippen LogP contribution is 2.13. The average molecular weight is 352 g/mol. The van der Waals surface area contributed by atoms with Gasteiger partial charge in [-0.3, -0.25) is 9.59 Å². The molecule has 2 amide bonds. The number of hydrogen-bond acceptors (Lipinski definition) is 4. The normalized spacial score (nSPS) is 9.88. The summed E-state index contributed by atoms with van der Waals surface area (Å²) in [6.07, 6.45) is 1.59. The van der Waals surface area contributed by atoms with Crippen LogP contribution in [0.25, 0.3) is 0 Å². The van der Waals surface area contributed by atoms with Crippen molar-refractivity contribution >= 4 is 23.5 Å². The van der Waals surface area contributed by atoms with Crippen molar-refractivity contribution in [1.29, 1.82) is 0 Å². The van der Waals surface area contributed by atoms with E-state index in [4.69, 9.17) is 4.74 Å². The Morgan fingerprint density at radius 3 is 2.00 bits per heavy atom. The number of anilines is 1. The summed E-state index contributed by atoms with van der Waals surface area (Å²) < 4.78 is 4.91. The zero-order chi connectivity index (χ0) is 18.9. The number of esters is 1. The van der Waals surface area contributed by atoms with Crippen molar-refractivity contribution in [2.45, 2.75) is 6.92 Å². The number of rotatable bonds is 7. The zero-order valence-corrected chi connectivity index (χ0v) is 14.5. The molecule has 0 spiro atoms. The molecule has 0 saturated heterocycles. The molecule has 0 unspecified atom stereocenters. The first-order chi connectivity index (χ1) is 12.5. The van der Waals surface area contributed by atoms with Crippen LogP contribution in [0.3, 0.4) is 0 Å². The van der Waals surface area contributed by atoms with Crippen molar-refractivity contribution < 1.29 is 19.1 Å². The summed E-state index contributed by atoms with van der Waals surface area (Å²) in [5.41, 5.74) is 1.84. The van der Waals surface area contributed by atoms with E-state index in [0.29, 0.717) is 35.5 Å². The molecule has 0 aliphatic carbocycles.